The number of rotatable bonds is 6. The van der Waals surface area contributed by atoms with Crippen LogP contribution in [-0.2, 0) is 0 Å². The molecule has 0 unspecified atom stereocenters. The van der Waals surface area contributed by atoms with Crippen LogP contribution < -0.4 is 16.2 Å². The summed E-state index contributed by atoms with van der Waals surface area (Å²) in [7, 11) is 2.39. The summed E-state index contributed by atoms with van der Waals surface area (Å²) in [6.45, 7) is 0. The first-order valence-corrected chi connectivity index (χ1v) is 18.2. The molecule has 1 aliphatic rings. The molecule has 0 fully saturated rings. The van der Waals surface area contributed by atoms with E-state index in [4.69, 9.17) is 4.42 Å². The Kier molecular flexibility index (Phi) is 6.71. The molecule has 1 radical (unpaired) electrons. The molecule has 1 N–H and O–H groups in total. The maximum absolute atomic E-state index is 6.46. The Labute approximate surface area is 308 Å². The summed E-state index contributed by atoms with van der Waals surface area (Å²) in [6, 6.07) is 65.4. The molecule has 3 nitrogen and oxygen atoms in total. The zero-order valence-corrected chi connectivity index (χ0v) is 28.8. The predicted molar refractivity (Wildman–Crippen MR) is 222 cm³/mol. The van der Waals surface area contributed by atoms with Crippen molar-refractivity contribution in [2.75, 3.05) is 5.32 Å². The zero-order valence-electron chi connectivity index (χ0n) is 28.8. The standard InChI is InChI=1S/C49H32BN2O/c1-4-16-31(17-5-1)46(32-18-6-2-7-19-32)39-28-38(34-22-10-13-25-41(34)51-33-20-8-3-9-21-33)48-49-47(39)36-24-11-14-26-42(36)52(49)43-29-37-35-23-12-15-27-44(35)53-45(37)30-40(43)50-48/h1-30,46,51H. The average molecular weight is 676 g/mol. The molecule has 0 saturated heterocycles. The van der Waals surface area contributed by atoms with Crippen molar-refractivity contribution in [3.63, 3.8) is 0 Å². The Bertz CT molecular complexity index is 2960. The molecular weight excluding hydrogens is 643 g/mol. The number of benzene rings is 8. The molecule has 0 bridgehead atoms. The maximum Gasteiger partial charge on any atom is 0.198 e. The van der Waals surface area contributed by atoms with Gasteiger partial charge in [-0.05, 0) is 76.2 Å². The average Bonchev–Trinajstić information content (AvgIpc) is 3.76. The molecule has 4 heteroatoms. The number of aromatic nitrogens is 1. The number of fused-ring (bicyclic) bond motifs is 8. The van der Waals surface area contributed by atoms with Gasteiger partial charge in [0.2, 0.25) is 0 Å². The summed E-state index contributed by atoms with van der Waals surface area (Å²) in [5.41, 5.74) is 16.0. The van der Waals surface area contributed by atoms with Crippen LogP contribution in [0.3, 0.4) is 0 Å². The molecule has 2 aromatic heterocycles. The van der Waals surface area contributed by atoms with E-state index in [-0.39, 0.29) is 5.92 Å². The maximum atomic E-state index is 6.46. The highest BCUT2D eigenvalue weighted by molar-refractivity contribution is 6.73. The predicted octanol–water partition coefficient (Wildman–Crippen LogP) is 11.2. The molecule has 0 aliphatic carbocycles. The van der Waals surface area contributed by atoms with Crippen molar-refractivity contribution >= 4 is 73.3 Å². The Morgan fingerprint density at radius 2 is 1.17 bits per heavy atom. The highest BCUT2D eigenvalue weighted by atomic mass is 16.3. The Morgan fingerprint density at radius 3 is 1.94 bits per heavy atom. The van der Waals surface area contributed by atoms with Gasteiger partial charge in [0.25, 0.3) is 0 Å². The quantitative estimate of drug-likeness (QED) is 0.140. The molecule has 0 amide bonds. The van der Waals surface area contributed by atoms with Crippen molar-refractivity contribution in [1.82, 2.24) is 4.57 Å². The lowest BCUT2D eigenvalue weighted by Gasteiger charge is -2.27. The van der Waals surface area contributed by atoms with E-state index >= 15 is 0 Å². The van der Waals surface area contributed by atoms with E-state index < -0.39 is 0 Å². The number of hydrogen-bond donors (Lipinski definition) is 1. The number of nitrogens with one attached hydrogen (secondary N) is 1. The number of furan rings is 1. The van der Waals surface area contributed by atoms with Crippen molar-refractivity contribution < 1.29 is 4.42 Å². The lowest BCUT2D eigenvalue weighted by Crippen LogP contribution is -2.37. The lowest BCUT2D eigenvalue weighted by molar-refractivity contribution is 0.669. The molecule has 53 heavy (non-hydrogen) atoms. The fourth-order valence-electron chi connectivity index (χ4n) is 8.65. The molecule has 0 atom stereocenters. The van der Waals surface area contributed by atoms with Gasteiger partial charge in [0.05, 0.1) is 5.52 Å². The third-order valence-electron chi connectivity index (χ3n) is 10.9. The van der Waals surface area contributed by atoms with Crippen LogP contribution in [0.15, 0.2) is 186 Å². The first-order chi connectivity index (χ1) is 26.3. The van der Waals surface area contributed by atoms with Crippen molar-refractivity contribution in [3.05, 3.63) is 199 Å². The Morgan fingerprint density at radius 1 is 0.528 bits per heavy atom. The molecule has 1 aliphatic heterocycles. The second-order valence-electron chi connectivity index (χ2n) is 13.9. The summed E-state index contributed by atoms with van der Waals surface area (Å²) < 4.78 is 8.98. The number of para-hydroxylation sites is 4. The van der Waals surface area contributed by atoms with E-state index in [1.54, 1.807) is 0 Å². The molecule has 0 saturated carbocycles. The fraction of sp³-hybridized carbons (Fsp3) is 0.0204. The van der Waals surface area contributed by atoms with Crippen LogP contribution in [-0.4, -0.2) is 11.8 Å². The first kappa shape index (κ1) is 29.9. The van der Waals surface area contributed by atoms with Crippen molar-refractivity contribution in [2.45, 2.75) is 5.92 Å². The highest BCUT2D eigenvalue weighted by Gasteiger charge is 2.32. The van der Waals surface area contributed by atoms with Crippen molar-refractivity contribution in [1.29, 1.82) is 0 Å². The summed E-state index contributed by atoms with van der Waals surface area (Å²) in [4.78, 5) is 0. The van der Waals surface area contributed by atoms with E-state index in [0.29, 0.717) is 0 Å². The van der Waals surface area contributed by atoms with Gasteiger partial charge >= 0.3 is 0 Å². The number of anilines is 2. The zero-order chi connectivity index (χ0) is 34.9. The third-order valence-corrected chi connectivity index (χ3v) is 10.9. The minimum absolute atomic E-state index is 0.000366. The normalized spacial score (nSPS) is 12.1. The van der Waals surface area contributed by atoms with Gasteiger partial charge in [-0.1, -0.05) is 139 Å². The van der Waals surface area contributed by atoms with Gasteiger partial charge in [-0.2, -0.15) is 0 Å². The molecular formula is C49H32BN2O. The van der Waals surface area contributed by atoms with Gasteiger partial charge in [-0.25, -0.2) is 0 Å². The molecule has 11 rings (SSSR count). The van der Waals surface area contributed by atoms with Crippen LogP contribution in [0.25, 0.3) is 60.6 Å². The number of hydrogen-bond acceptors (Lipinski definition) is 2. The van der Waals surface area contributed by atoms with Gasteiger partial charge in [-0.15, -0.1) is 0 Å². The first-order valence-electron chi connectivity index (χ1n) is 18.2. The molecule has 247 valence electrons. The van der Waals surface area contributed by atoms with Gasteiger partial charge in [0.1, 0.15) is 11.2 Å². The molecule has 0 spiro atoms. The largest absolute Gasteiger partial charge is 0.456 e. The van der Waals surface area contributed by atoms with E-state index in [1.165, 1.54) is 49.5 Å². The smallest absolute Gasteiger partial charge is 0.198 e. The highest BCUT2D eigenvalue weighted by Crippen LogP contribution is 2.45. The topological polar surface area (TPSA) is 30.1 Å². The van der Waals surface area contributed by atoms with E-state index in [1.807, 2.05) is 6.07 Å². The van der Waals surface area contributed by atoms with Crippen molar-refractivity contribution in [2.24, 2.45) is 0 Å². The van der Waals surface area contributed by atoms with Crippen molar-refractivity contribution in [3.8, 4) is 16.8 Å². The van der Waals surface area contributed by atoms with Crippen LogP contribution in [0.4, 0.5) is 11.4 Å². The second-order valence-corrected chi connectivity index (χ2v) is 13.9. The summed E-state index contributed by atoms with van der Waals surface area (Å²) in [5.74, 6) is 0.000366. The van der Waals surface area contributed by atoms with Gasteiger partial charge < -0.3 is 14.3 Å². The summed E-state index contributed by atoms with van der Waals surface area (Å²) in [5, 5.41) is 8.55. The lowest BCUT2D eigenvalue weighted by atomic mass is 9.58. The molecule has 10 aromatic rings. The Hall–Kier alpha value is -6.78. The summed E-state index contributed by atoms with van der Waals surface area (Å²) in [6.07, 6.45) is 0. The summed E-state index contributed by atoms with van der Waals surface area (Å²) >= 11 is 0. The van der Waals surface area contributed by atoms with Crippen LogP contribution in [0.5, 0.6) is 0 Å². The monoisotopic (exact) mass is 675 g/mol. The number of nitrogens with zero attached hydrogens (tertiary/aromatic N) is 1. The SMILES string of the molecule is [B]1c2cc3oc4ccccc4c3cc2-n2c3ccccc3c3c(C(c4ccccc4)c4ccccc4)cc(-c4ccccc4Nc4ccccc4)c1c32. The third kappa shape index (κ3) is 4.69. The van der Waals surface area contributed by atoms with Crippen LogP contribution in [0.2, 0.25) is 0 Å². The van der Waals surface area contributed by atoms with Crippen LogP contribution >= 0.6 is 0 Å². The van der Waals surface area contributed by atoms with Gasteiger partial charge in [0, 0.05) is 55.6 Å². The molecule has 8 aromatic carbocycles. The second kappa shape index (κ2) is 11.9. The van der Waals surface area contributed by atoms with E-state index in [9.17, 15) is 0 Å². The Balaban J connectivity index is 1.29. The minimum Gasteiger partial charge on any atom is -0.456 e. The van der Waals surface area contributed by atoms with E-state index in [2.05, 4.69) is 193 Å². The van der Waals surface area contributed by atoms with E-state index in [0.717, 1.165) is 50.0 Å². The van der Waals surface area contributed by atoms with Gasteiger partial charge in [0.15, 0.2) is 7.28 Å². The fourth-order valence-corrected chi connectivity index (χ4v) is 8.65. The van der Waals surface area contributed by atoms with Crippen LogP contribution in [0.1, 0.15) is 22.6 Å². The minimum atomic E-state index is 0.000366. The molecule has 3 heterocycles. The van der Waals surface area contributed by atoms with Gasteiger partial charge in [-0.3, -0.25) is 0 Å². The van der Waals surface area contributed by atoms with Crippen LogP contribution in [0, 0.1) is 0 Å².